The number of carbonyl (C=O) groups is 1. The van der Waals surface area contributed by atoms with E-state index in [1.807, 2.05) is 36.4 Å². The summed E-state index contributed by atoms with van der Waals surface area (Å²) in [6.45, 7) is 2.27. The van der Waals surface area contributed by atoms with Crippen LogP contribution < -0.4 is 9.47 Å². The number of nitrogens with zero attached hydrogens (tertiary/aromatic N) is 1. The predicted octanol–water partition coefficient (Wildman–Crippen LogP) is 9.36. The highest BCUT2D eigenvalue weighted by Crippen LogP contribution is 2.36. The molecule has 0 saturated heterocycles. The van der Waals surface area contributed by atoms with Crippen LogP contribution in [0.1, 0.15) is 96.8 Å². The molecule has 0 aliphatic heterocycles. The maximum absolute atomic E-state index is 12.4. The highest BCUT2D eigenvalue weighted by atomic mass is 32.1. The third kappa shape index (κ3) is 9.29. The van der Waals surface area contributed by atoms with Gasteiger partial charge < -0.3 is 9.47 Å². The summed E-state index contributed by atoms with van der Waals surface area (Å²) in [5, 5.41) is 0.925. The minimum absolute atomic E-state index is 0.195. The predicted molar refractivity (Wildman–Crippen MR) is 148 cm³/mol. The van der Waals surface area contributed by atoms with E-state index < -0.39 is 0 Å². The number of rotatable bonds is 17. The first-order chi connectivity index (χ1) is 17.2. The summed E-state index contributed by atoms with van der Waals surface area (Å²) in [5.41, 5.74) is 1.94. The molecule has 0 amide bonds. The Bertz CT molecular complexity index is 996. The highest BCUT2D eigenvalue weighted by molar-refractivity contribution is 7.21. The Hall–Kier alpha value is -2.40. The van der Waals surface area contributed by atoms with Crippen molar-refractivity contribution in [3.63, 3.8) is 0 Å². The van der Waals surface area contributed by atoms with Gasteiger partial charge in [0.05, 0.1) is 17.3 Å². The number of thiazole rings is 1. The molecule has 1 aromatic heterocycles. The average molecular weight is 496 g/mol. The largest absolute Gasteiger partial charge is 0.493 e. The van der Waals surface area contributed by atoms with Gasteiger partial charge in [-0.1, -0.05) is 96.1 Å². The molecular formula is C30H41NO3S. The molecule has 35 heavy (non-hydrogen) atoms. The first kappa shape index (κ1) is 27.2. The molecule has 0 N–H and O–H groups in total. The smallest absolute Gasteiger partial charge is 0.311 e. The van der Waals surface area contributed by atoms with Crippen LogP contribution >= 0.6 is 11.3 Å². The number of unbranched alkanes of at least 4 members (excludes halogenated alkanes) is 12. The second kappa shape index (κ2) is 15.6. The minimum Gasteiger partial charge on any atom is -0.493 e. The van der Waals surface area contributed by atoms with Gasteiger partial charge >= 0.3 is 5.97 Å². The summed E-state index contributed by atoms with van der Waals surface area (Å²) >= 11 is 1.64. The minimum atomic E-state index is -0.195. The zero-order valence-electron chi connectivity index (χ0n) is 21.5. The Balaban J connectivity index is 1.32. The number of benzene rings is 2. The first-order valence-electron chi connectivity index (χ1n) is 13.5. The molecule has 4 nitrogen and oxygen atoms in total. The summed E-state index contributed by atoms with van der Waals surface area (Å²) in [4.78, 5) is 17.1. The van der Waals surface area contributed by atoms with Crippen LogP contribution in [0.3, 0.4) is 0 Å². The van der Waals surface area contributed by atoms with Crippen molar-refractivity contribution in [2.75, 3.05) is 7.11 Å². The Morgan fingerprint density at radius 3 is 2.06 bits per heavy atom. The van der Waals surface area contributed by atoms with Crippen molar-refractivity contribution >= 4 is 27.5 Å². The molecular weight excluding hydrogens is 454 g/mol. The van der Waals surface area contributed by atoms with Crippen LogP contribution in [0.2, 0.25) is 0 Å². The first-order valence-corrected chi connectivity index (χ1v) is 14.3. The Kier molecular flexibility index (Phi) is 12.1. The van der Waals surface area contributed by atoms with Gasteiger partial charge in [-0.15, -0.1) is 11.3 Å². The maximum atomic E-state index is 12.4. The van der Waals surface area contributed by atoms with E-state index in [1.54, 1.807) is 18.4 Å². The zero-order chi connectivity index (χ0) is 24.7. The number of ether oxygens (including phenoxy) is 2. The normalized spacial score (nSPS) is 11.1. The number of hydrogen-bond donors (Lipinski definition) is 0. The van der Waals surface area contributed by atoms with Crippen molar-refractivity contribution in [1.29, 1.82) is 0 Å². The lowest BCUT2D eigenvalue weighted by Gasteiger charge is -2.10. The van der Waals surface area contributed by atoms with Gasteiger partial charge in [0.25, 0.3) is 0 Å². The molecule has 0 unspecified atom stereocenters. The molecule has 190 valence electrons. The number of methoxy groups -OCH3 is 1. The fraction of sp³-hybridized carbons (Fsp3) is 0.533. The molecule has 3 aromatic rings. The molecule has 0 fully saturated rings. The monoisotopic (exact) mass is 495 g/mol. The van der Waals surface area contributed by atoms with Crippen molar-refractivity contribution in [3.8, 4) is 22.1 Å². The number of aromatic nitrogens is 1. The highest BCUT2D eigenvalue weighted by Gasteiger charge is 2.13. The molecule has 5 heteroatoms. The van der Waals surface area contributed by atoms with E-state index in [1.165, 1.54) is 70.6 Å². The molecule has 0 bridgehead atoms. The van der Waals surface area contributed by atoms with E-state index in [9.17, 15) is 4.79 Å². The maximum Gasteiger partial charge on any atom is 0.311 e. The number of esters is 1. The molecule has 3 rings (SSSR count). The average Bonchev–Trinajstić information content (AvgIpc) is 3.31. The van der Waals surface area contributed by atoms with Gasteiger partial charge in [0.1, 0.15) is 5.01 Å². The summed E-state index contributed by atoms with van der Waals surface area (Å²) in [7, 11) is 1.60. The van der Waals surface area contributed by atoms with Gasteiger partial charge in [-0.05, 0) is 36.8 Å². The molecule has 2 aromatic carbocycles. The quantitative estimate of drug-likeness (QED) is 0.106. The van der Waals surface area contributed by atoms with Crippen LogP contribution in [-0.4, -0.2) is 18.1 Å². The van der Waals surface area contributed by atoms with Crippen LogP contribution in [0.5, 0.6) is 11.5 Å². The van der Waals surface area contributed by atoms with Gasteiger partial charge in [0.2, 0.25) is 0 Å². The molecule has 1 heterocycles. The van der Waals surface area contributed by atoms with Gasteiger partial charge in [-0.3, -0.25) is 4.79 Å². The Morgan fingerprint density at radius 1 is 0.800 bits per heavy atom. The molecule has 0 saturated carbocycles. The van der Waals surface area contributed by atoms with Crippen molar-refractivity contribution in [2.24, 2.45) is 0 Å². The molecule has 0 aliphatic rings. The topological polar surface area (TPSA) is 48.4 Å². The fourth-order valence-electron chi connectivity index (χ4n) is 4.34. The lowest BCUT2D eigenvalue weighted by molar-refractivity contribution is -0.134. The van der Waals surface area contributed by atoms with Gasteiger partial charge in [-0.2, -0.15) is 0 Å². The van der Waals surface area contributed by atoms with Gasteiger partial charge in [-0.25, -0.2) is 4.98 Å². The van der Waals surface area contributed by atoms with E-state index >= 15 is 0 Å². The van der Waals surface area contributed by atoms with E-state index in [0.717, 1.165) is 33.6 Å². The van der Waals surface area contributed by atoms with E-state index in [0.29, 0.717) is 17.9 Å². The van der Waals surface area contributed by atoms with Crippen molar-refractivity contribution in [2.45, 2.75) is 96.8 Å². The summed E-state index contributed by atoms with van der Waals surface area (Å²) in [6, 6.07) is 13.7. The number of para-hydroxylation sites is 1. The lowest BCUT2D eigenvalue weighted by Crippen LogP contribution is -2.08. The van der Waals surface area contributed by atoms with Gasteiger partial charge in [0.15, 0.2) is 11.5 Å². The van der Waals surface area contributed by atoms with Crippen LogP contribution in [0.4, 0.5) is 0 Å². The SMILES string of the molecule is CCCCCCCCCCCCCCCC(=O)Oc1ccc(-c2nc3ccccc3s2)cc1OC. The molecule has 0 aliphatic carbocycles. The summed E-state index contributed by atoms with van der Waals surface area (Å²) < 4.78 is 12.3. The fourth-order valence-corrected chi connectivity index (χ4v) is 5.30. The number of fused-ring (bicyclic) bond motifs is 1. The zero-order valence-corrected chi connectivity index (χ0v) is 22.3. The second-order valence-corrected chi connectivity index (χ2v) is 10.3. The van der Waals surface area contributed by atoms with E-state index in [2.05, 4.69) is 13.0 Å². The van der Waals surface area contributed by atoms with Crippen molar-refractivity contribution in [3.05, 3.63) is 42.5 Å². The summed E-state index contributed by atoms with van der Waals surface area (Å²) in [5.74, 6) is 0.830. The number of carbonyl (C=O) groups excluding carboxylic acids is 1. The van der Waals surface area contributed by atoms with E-state index in [-0.39, 0.29) is 5.97 Å². The van der Waals surface area contributed by atoms with Gasteiger partial charge in [0, 0.05) is 12.0 Å². The van der Waals surface area contributed by atoms with Crippen LogP contribution in [0, 0.1) is 0 Å². The lowest BCUT2D eigenvalue weighted by atomic mass is 10.0. The summed E-state index contributed by atoms with van der Waals surface area (Å²) in [6.07, 6.45) is 17.2. The van der Waals surface area contributed by atoms with Crippen molar-refractivity contribution in [1.82, 2.24) is 4.98 Å². The Morgan fingerprint density at radius 2 is 1.43 bits per heavy atom. The van der Waals surface area contributed by atoms with Crippen LogP contribution in [0.25, 0.3) is 20.8 Å². The third-order valence-corrected chi connectivity index (χ3v) is 7.50. The number of hydrogen-bond acceptors (Lipinski definition) is 5. The Labute approximate surface area is 215 Å². The van der Waals surface area contributed by atoms with Crippen molar-refractivity contribution < 1.29 is 14.3 Å². The molecule has 0 spiro atoms. The molecule has 0 atom stereocenters. The second-order valence-electron chi connectivity index (χ2n) is 9.32. The van der Waals surface area contributed by atoms with Crippen LogP contribution in [0.15, 0.2) is 42.5 Å². The standard InChI is InChI=1S/C30H41NO3S/c1-3-4-5-6-7-8-9-10-11-12-13-14-15-20-29(32)34-26-22-21-24(23-27(26)33-2)30-31-25-18-16-17-19-28(25)35-30/h16-19,21-23H,3-15,20H2,1-2H3. The third-order valence-electron chi connectivity index (χ3n) is 6.41. The van der Waals surface area contributed by atoms with Crippen LogP contribution in [-0.2, 0) is 4.79 Å². The molecule has 0 radical (unpaired) electrons. The van der Waals surface area contributed by atoms with E-state index in [4.69, 9.17) is 14.5 Å².